The van der Waals surface area contributed by atoms with Gasteiger partial charge < -0.3 is 0 Å². The third kappa shape index (κ3) is 4.82. The molecule has 0 amide bonds. The lowest BCUT2D eigenvalue weighted by atomic mass is 10.2. The monoisotopic (exact) mass is 267 g/mol. The molecule has 0 aliphatic rings. The van der Waals surface area contributed by atoms with Crippen LogP contribution in [0.3, 0.4) is 0 Å². The van der Waals surface area contributed by atoms with Gasteiger partial charge in [0.2, 0.25) is 5.24 Å². The van der Waals surface area contributed by atoms with Crippen molar-refractivity contribution >= 4 is 40.0 Å². The molecule has 0 N–H and O–H groups in total. The topological polar surface area (TPSA) is 39.1 Å². The van der Waals surface area contributed by atoms with Crippen LogP contribution in [0.25, 0.3) is 0 Å². The summed E-state index contributed by atoms with van der Waals surface area (Å²) < 4.78 is 2.13. The van der Waals surface area contributed by atoms with Crippen molar-refractivity contribution in [1.82, 2.24) is 3.96 Å². The maximum Gasteiger partial charge on any atom is 0.262 e. The van der Waals surface area contributed by atoms with Gasteiger partial charge in [-0.25, -0.2) is 0 Å². The Bertz CT molecular complexity index is 386. The highest BCUT2D eigenvalue weighted by Gasteiger charge is 2.01. The number of carbonyl (C=O) groups is 1. The summed E-state index contributed by atoms with van der Waals surface area (Å²) in [6.07, 6.45) is 2.93. The van der Waals surface area contributed by atoms with Crippen LogP contribution in [0.15, 0.2) is 10.9 Å². The van der Waals surface area contributed by atoms with Gasteiger partial charge in [0.1, 0.15) is 4.34 Å². The lowest BCUT2D eigenvalue weighted by Crippen LogP contribution is -2.11. The number of carbonyl (C=O) groups excluding carboxylic acids is 1. The van der Waals surface area contributed by atoms with Gasteiger partial charge in [-0.2, -0.15) is 0 Å². The molecule has 1 aromatic rings. The highest BCUT2D eigenvalue weighted by atomic mass is 35.5. The van der Waals surface area contributed by atoms with Crippen LogP contribution in [0.1, 0.15) is 25.7 Å². The van der Waals surface area contributed by atoms with Gasteiger partial charge >= 0.3 is 0 Å². The van der Waals surface area contributed by atoms with E-state index in [-0.39, 0.29) is 10.8 Å². The number of halogens is 2. The first-order chi connectivity index (χ1) is 7.09. The summed E-state index contributed by atoms with van der Waals surface area (Å²) in [5.74, 6) is 0. The van der Waals surface area contributed by atoms with Gasteiger partial charge in [0.25, 0.3) is 5.56 Å². The Labute approximate surface area is 102 Å². The van der Waals surface area contributed by atoms with E-state index in [0.29, 0.717) is 17.3 Å². The minimum atomic E-state index is -0.300. The number of nitrogens with zero attached hydrogens (tertiary/aromatic N) is 1. The van der Waals surface area contributed by atoms with Gasteiger partial charge in [-0.3, -0.25) is 13.5 Å². The first-order valence-electron chi connectivity index (χ1n) is 4.64. The van der Waals surface area contributed by atoms with Gasteiger partial charge in [0.15, 0.2) is 0 Å². The summed E-state index contributed by atoms with van der Waals surface area (Å²) in [6.45, 7) is 0.659. The van der Waals surface area contributed by atoms with Crippen LogP contribution in [-0.4, -0.2) is 9.20 Å². The fraction of sp³-hybridized carbons (Fsp3) is 0.556. The summed E-state index contributed by atoms with van der Waals surface area (Å²) >= 11 is 12.1. The molecular formula is C9H11Cl2NO2S. The molecule has 0 unspecified atom stereocenters. The molecule has 15 heavy (non-hydrogen) atoms. The normalized spacial score (nSPS) is 10.5. The summed E-state index contributed by atoms with van der Waals surface area (Å²) in [4.78, 5) is 21.7. The molecule has 1 rings (SSSR count). The van der Waals surface area contributed by atoms with E-state index < -0.39 is 0 Å². The quantitative estimate of drug-likeness (QED) is 0.587. The number of rotatable bonds is 6. The maximum absolute atomic E-state index is 11.2. The minimum absolute atomic E-state index is 0.0570. The molecule has 0 fully saturated rings. The summed E-state index contributed by atoms with van der Waals surface area (Å²) in [5.41, 5.74) is -0.0570. The standard InChI is InChI=1S/C9H11Cl2NO2S/c10-7(13)4-2-1-3-5-12-9(14)6-8(11)15-12/h6H,1-5H2. The van der Waals surface area contributed by atoms with Crippen molar-refractivity contribution in [2.45, 2.75) is 32.2 Å². The molecule has 6 heteroatoms. The zero-order chi connectivity index (χ0) is 11.3. The van der Waals surface area contributed by atoms with Gasteiger partial charge in [-0.15, -0.1) is 0 Å². The van der Waals surface area contributed by atoms with E-state index in [9.17, 15) is 9.59 Å². The molecule has 1 heterocycles. The number of hydrogen-bond acceptors (Lipinski definition) is 3. The van der Waals surface area contributed by atoms with Gasteiger partial charge in [0.05, 0.1) is 0 Å². The van der Waals surface area contributed by atoms with Crippen molar-refractivity contribution in [3.8, 4) is 0 Å². The average Bonchev–Trinajstić information content (AvgIpc) is 2.44. The van der Waals surface area contributed by atoms with Crippen LogP contribution in [0.5, 0.6) is 0 Å². The van der Waals surface area contributed by atoms with Gasteiger partial charge in [0, 0.05) is 19.0 Å². The van der Waals surface area contributed by atoms with Crippen molar-refractivity contribution in [2.24, 2.45) is 0 Å². The van der Waals surface area contributed by atoms with Crippen LogP contribution in [0.4, 0.5) is 0 Å². The van der Waals surface area contributed by atoms with Crippen molar-refractivity contribution < 1.29 is 4.79 Å². The Kier molecular flexibility index (Phi) is 5.36. The molecule has 0 atom stereocenters. The number of aromatic nitrogens is 1. The second-order valence-electron chi connectivity index (χ2n) is 3.15. The summed E-state index contributed by atoms with van der Waals surface area (Å²) in [5, 5.41) is -0.300. The van der Waals surface area contributed by atoms with E-state index in [0.717, 1.165) is 19.3 Å². The van der Waals surface area contributed by atoms with Gasteiger partial charge in [-0.1, -0.05) is 18.0 Å². The van der Waals surface area contributed by atoms with Crippen molar-refractivity contribution in [3.63, 3.8) is 0 Å². The highest BCUT2D eigenvalue weighted by Crippen LogP contribution is 2.13. The Morgan fingerprint density at radius 3 is 2.67 bits per heavy atom. The molecule has 0 aromatic carbocycles. The molecule has 1 aromatic heterocycles. The van der Waals surface area contributed by atoms with Crippen molar-refractivity contribution in [3.05, 3.63) is 20.8 Å². The molecule has 0 spiro atoms. The van der Waals surface area contributed by atoms with Gasteiger partial charge in [-0.05, 0) is 36.0 Å². The third-order valence-electron chi connectivity index (χ3n) is 1.91. The molecule has 0 saturated carbocycles. The highest BCUT2D eigenvalue weighted by molar-refractivity contribution is 7.11. The molecule has 0 aliphatic carbocycles. The number of hydrogen-bond donors (Lipinski definition) is 0. The largest absolute Gasteiger partial charge is 0.281 e. The summed E-state index contributed by atoms with van der Waals surface area (Å²) in [6, 6.07) is 1.41. The Balaban J connectivity index is 2.23. The molecule has 0 radical (unpaired) electrons. The van der Waals surface area contributed by atoms with E-state index in [4.69, 9.17) is 23.2 Å². The van der Waals surface area contributed by atoms with Crippen LogP contribution in [-0.2, 0) is 11.3 Å². The molecule has 0 aliphatic heterocycles. The third-order valence-corrected chi connectivity index (χ3v) is 3.29. The first kappa shape index (κ1) is 12.7. The zero-order valence-corrected chi connectivity index (χ0v) is 10.4. The fourth-order valence-corrected chi connectivity index (χ4v) is 2.40. The van der Waals surface area contributed by atoms with E-state index in [1.165, 1.54) is 17.6 Å². The van der Waals surface area contributed by atoms with Crippen molar-refractivity contribution in [1.29, 1.82) is 0 Å². The molecule has 3 nitrogen and oxygen atoms in total. The Hall–Kier alpha value is -0.320. The lowest BCUT2D eigenvalue weighted by molar-refractivity contribution is -0.111. The SMILES string of the molecule is O=C(Cl)CCCCCn1sc(Cl)cc1=O. The Morgan fingerprint density at radius 2 is 2.13 bits per heavy atom. The second-order valence-corrected chi connectivity index (χ2v) is 5.26. The van der Waals surface area contributed by atoms with Crippen LogP contribution in [0, 0.1) is 0 Å². The maximum atomic E-state index is 11.2. The van der Waals surface area contributed by atoms with Crippen LogP contribution < -0.4 is 5.56 Å². The van der Waals surface area contributed by atoms with E-state index >= 15 is 0 Å². The van der Waals surface area contributed by atoms with Crippen LogP contribution >= 0.6 is 34.7 Å². The molecule has 0 bridgehead atoms. The van der Waals surface area contributed by atoms with E-state index in [1.807, 2.05) is 0 Å². The number of unbranched alkanes of at least 4 members (excludes halogenated alkanes) is 2. The molecule has 84 valence electrons. The zero-order valence-electron chi connectivity index (χ0n) is 8.04. The van der Waals surface area contributed by atoms with E-state index in [1.54, 1.807) is 3.96 Å². The smallest absolute Gasteiger partial charge is 0.262 e. The summed E-state index contributed by atoms with van der Waals surface area (Å²) in [7, 11) is 0. The van der Waals surface area contributed by atoms with Crippen LogP contribution in [0.2, 0.25) is 4.34 Å². The predicted octanol–water partition coefficient (Wildman–Crippen LogP) is 2.89. The van der Waals surface area contributed by atoms with E-state index in [2.05, 4.69) is 0 Å². The Morgan fingerprint density at radius 1 is 1.40 bits per heavy atom. The predicted molar refractivity (Wildman–Crippen MR) is 62.9 cm³/mol. The second kappa shape index (κ2) is 6.30. The molecule has 0 saturated heterocycles. The average molecular weight is 268 g/mol. The molecular weight excluding hydrogens is 257 g/mol. The first-order valence-corrected chi connectivity index (χ1v) is 6.17. The fourth-order valence-electron chi connectivity index (χ4n) is 1.20. The number of aryl methyl sites for hydroxylation is 1. The lowest BCUT2D eigenvalue weighted by Gasteiger charge is -1.99. The minimum Gasteiger partial charge on any atom is -0.281 e. The van der Waals surface area contributed by atoms with Crippen molar-refractivity contribution in [2.75, 3.05) is 0 Å².